The van der Waals surface area contributed by atoms with Gasteiger partial charge in [0.05, 0.1) is 12.3 Å². The Morgan fingerprint density at radius 3 is 2.48 bits per heavy atom. The number of amides is 1. The molecule has 0 bridgehead atoms. The zero-order valence-corrected chi connectivity index (χ0v) is 19.2. The fourth-order valence-corrected chi connectivity index (χ4v) is 5.26. The number of carbonyl (C=O) groups excluding carboxylic acids is 1. The van der Waals surface area contributed by atoms with Crippen LogP contribution in [0, 0.1) is 6.92 Å². The Balaban J connectivity index is 1.49. The molecular weight excluding hydrogens is 400 g/mol. The van der Waals surface area contributed by atoms with Crippen LogP contribution in [-0.2, 0) is 17.9 Å². The van der Waals surface area contributed by atoms with E-state index in [-0.39, 0.29) is 5.91 Å². The fourth-order valence-electron chi connectivity index (χ4n) is 4.45. The van der Waals surface area contributed by atoms with Crippen molar-refractivity contribution < 1.29 is 4.79 Å². The van der Waals surface area contributed by atoms with Gasteiger partial charge < -0.3 is 9.47 Å². The van der Waals surface area contributed by atoms with E-state index >= 15 is 0 Å². The number of aryl methyl sites for hydroxylation is 1. The molecule has 0 unspecified atom stereocenters. The minimum absolute atomic E-state index is 0.254. The van der Waals surface area contributed by atoms with Crippen molar-refractivity contribution in [1.29, 1.82) is 0 Å². The number of aromatic nitrogens is 1. The summed E-state index contributed by atoms with van der Waals surface area (Å²) in [5, 5.41) is 0. The molecule has 31 heavy (non-hydrogen) atoms. The summed E-state index contributed by atoms with van der Waals surface area (Å²) in [7, 11) is 0. The van der Waals surface area contributed by atoms with E-state index in [9.17, 15) is 4.79 Å². The van der Waals surface area contributed by atoms with E-state index < -0.39 is 0 Å². The van der Waals surface area contributed by atoms with E-state index in [1.165, 1.54) is 36.1 Å². The third-order valence-corrected chi connectivity index (χ3v) is 7.30. The van der Waals surface area contributed by atoms with E-state index in [0.29, 0.717) is 18.3 Å². The van der Waals surface area contributed by atoms with Crippen LogP contribution in [-0.4, -0.2) is 27.2 Å². The molecule has 162 valence electrons. The van der Waals surface area contributed by atoms with Gasteiger partial charge in [-0.25, -0.2) is 0 Å². The lowest BCUT2D eigenvalue weighted by Gasteiger charge is -2.35. The number of hydrogen-bond acceptors (Lipinski definition) is 2. The molecule has 3 nitrogen and oxygen atoms in total. The molecule has 1 aromatic heterocycles. The van der Waals surface area contributed by atoms with E-state index in [1.807, 2.05) is 18.2 Å². The first-order chi connectivity index (χ1) is 15.2. The monoisotopic (exact) mass is 432 g/mol. The summed E-state index contributed by atoms with van der Waals surface area (Å²) >= 11 is 1.64. The van der Waals surface area contributed by atoms with E-state index in [0.717, 1.165) is 24.3 Å². The van der Waals surface area contributed by atoms with Crippen LogP contribution < -0.4 is 0 Å². The second-order valence-electron chi connectivity index (χ2n) is 8.47. The highest BCUT2D eigenvalue weighted by atomic mass is 32.2. The normalized spacial score (nSPS) is 14.5. The van der Waals surface area contributed by atoms with Gasteiger partial charge in [0.15, 0.2) is 0 Å². The van der Waals surface area contributed by atoms with Crippen LogP contribution in [0.3, 0.4) is 0 Å². The van der Waals surface area contributed by atoms with Gasteiger partial charge in [-0.1, -0.05) is 61.7 Å². The predicted octanol–water partition coefficient (Wildman–Crippen LogP) is 6.30. The average molecular weight is 433 g/mol. The van der Waals surface area contributed by atoms with Crippen LogP contribution in [0.15, 0.2) is 77.8 Å². The van der Waals surface area contributed by atoms with Crippen molar-refractivity contribution in [1.82, 2.24) is 9.47 Å². The maximum atomic E-state index is 13.4. The lowest BCUT2D eigenvalue weighted by Crippen LogP contribution is -2.42. The van der Waals surface area contributed by atoms with Crippen LogP contribution in [0.2, 0.25) is 0 Å². The number of thioether (sulfide) groups is 1. The summed E-state index contributed by atoms with van der Waals surface area (Å²) in [5.41, 5.74) is 3.85. The number of hydrogen-bond donors (Lipinski definition) is 0. The van der Waals surface area contributed by atoms with E-state index in [1.54, 1.807) is 11.8 Å². The van der Waals surface area contributed by atoms with Crippen molar-refractivity contribution in [2.24, 2.45) is 0 Å². The Labute approximate surface area is 190 Å². The molecule has 0 saturated heterocycles. The second kappa shape index (κ2) is 10.7. The fraction of sp³-hybridized carbons (Fsp3) is 0.370. The van der Waals surface area contributed by atoms with Crippen LogP contribution in [0.1, 0.15) is 48.9 Å². The highest BCUT2D eigenvalue weighted by molar-refractivity contribution is 8.00. The van der Waals surface area contributed by atoms with Crippen molar-refractivity contribution in [2.45, 2.75) is 63.1 Å². The summed E-state index contributed by atoms with van der Waals surface area (Å²) in [6.07, 6.45) is 8.14. The first-order valence-electron chi connectivity index (χ1n) is 11.4. The smallest absolute Gasteiger partial charge is 0.233 e. The summed E-state index contributed by atoms with van der Waals surface area (Å²) in [5.74, 6) is 0.753. The van der Waals surface area contributed by atoms with Crippen LogP contribution in [0.5, 0.6) is 0 Å². The molecule has 1 aliphatic carbocycles. The molecule has 0 spiro atoms. The number of carbonyl (C=O) groups is 1. The van der Waals surface area contributed by atoms with Gasteiger partial charge in [-0.15, -0.1) is 11.8 Å². The van der Waals surface area contributed by atoms with Gasteiger partial charge in [0.25, 0.3) is 0 Å². The van der Waals surface area contributed by atoms with E-state index in [4.69, 9.17) is 0 Å². The molecule has 0 atom stereocenters. The minimum atomic E-state index is 0.254. The standard InChI is InChI=1S/C27H32N2OS/c1-22-11-8-9-12-23(22)19-28-18-10-15-25(28)20-29(24-13-4-2-5-14-24)27(30)21-31-26-16-6-3-7-17-26/h3,6-12,15-18,24H,2,4-5,13-14,19-21H2,1H3. The zero-order chi connectivity index (χ0) is 21.5. The number of nitrogens with zero attached hydrogens (tertiary/aromatic N) is 2. The van der Waals surface area contributed by atoms with Gasteiger partial charge in [0, 0.05) is 29.4 Å². The summed E-state index contributed by atoms with van der Waals surface area (Å²) in [6.45, 7) is 3.70. The molecular formula is C27H32N2OS. The number of benzene rings is 2. The SMILES string of the molecule is Cc1ccccc1Cn1cccc1CN(C(=O)CSc1ccccc1)C1CCCCC1. The van der Waals surface area contributed by atoms with Crippen LogP contribution in [0.4, 0.5) is 0 Å². The minimum Gasteiger partial charge on any atom is -0.345 e. The highest BCUT2D eigenvalue weighted by Crippen LogP contribution is 2.26. The first-order valence-corrected chi connectivity index (χ1v) is 12.3. The number of rotatable bonds is 8. The molecule has 0 aliphatic heterocycles. The van der Waals surface area contributed by atoms with E-state index in [2.05, 4.69) is 71.1 Å². The van der Waals surface area contributed by atoms with Crippen molar-refractivity contribution in [3.8, 4) is 0 Å². The Hall–Kier alpha value is -2.46. The third kappa shape index (κ3) is 5.82. The average Bonchev–Trinajstić information content (AvgIpc) is 3.25. The topological polar surface area (TPSA) is 25.2 Å². The van der Waals surface area contributed by atoms with Gasteiger partial charge in [-0.2, -0.15) is 0 Å². The maximum Gasteiger partial charge on any atom is 0.233 e. The molecule has 1 amide bonds. The van der Waals surface area contributed by atoms with Crippen molar-refractivity contribution in [3.63, 3.8) is 0 Å². The largest absolute Gasteiger partial charge is 0.345 e. The zero-order valence-electron chi connectivity index (χ0n) is 18.4. The molecule has 3 aromatic rings. The third-order valence-electron chi connectivity index (χ3n) is 6.30. The summed E-state index contributed by atoms with van der Waals surface area (Å²) in [4.78, 5) is 16.7. The molecule has 1 heterocycles. The maximum absolute atomic E-state index is 13.4. The molecule has 1 saturated carbocycles. The van der Waals surface area contributed by atoms with Gasteiger partial charge >= 0.3 is 0 Å². The molecule has 2 aromatic carbocycles. The molecule has 0 N–H and O–H groups in total. The molecule has 1 fully saturated rings. The molecule has 4 rings (SSSR count). The molecule has 0 radical (unpaired) electrons. The second-order valence-corrected chi connectivity index (χ2v) is 9.52. The quantitative estimate of drug-likeness (QED) is 0.390. The first kappa shape index (κ1) is 21.8. The Bertz CT molecular complexity index is 976. The Morgan fingerprint density at radius 2 is 1.71 bits per heavy atom. The Kier molecular flexibility index (Phi) is 7.52. The van der Waals surface area contributed by atoms with Crippen molar-refractivity contribution in [2.75, 3.05) is 5.75 Å². The lowest BCUT2D eigenvalue weighted by atomic mass is 9.94. The van der Waals surface area contributed by atoms with Crippen LogP contribution in [0.25, 0.3) is 0 Å². The van der Waals surface area contributed by atoms with Crippen LogP contribution >= 0.6 is 11.8 Å². The summed E-state index contributed by atoms with van der Waals surface area (Å²) < 4.78 is 2.30. The van der Waals surface area contributed by atoms with Crippen molar-refractivity contribution >= 4 is 17.7 Å². The van der Waals surface area contributed by atoms with Gasteiger partial charge in [-0.05, 0) is 55.2 Å². The van der Waals surface area contributed by atoms with Gasteiger partial charge in [0.1, 0.15) is 0 Å². The lowest BCUT2D eigenvalue weighted by molar-refractivity contribution is -0.132. The predicted molar refractivity (Wildman–Crippen MR) is 129 cm³/mol. The molecule has 4 heteroatoms. The summed E-state index contributed by atoms with van der Waals surface area (Å²) in [6, 6.07) is 23.4. The molecule has 1 aliphatic rings. The van der Waals surface area contributed by atoms with Gasteiger partial charge in [0.2, 0.25) is 5.91 Å². The highest BCUT2D eigenvalue weighted by Gasteiger charge is 2.26. The Morgan fingerprint density at radius 1 is 0.968 bits per heavy atom. The van der Waals surface area contributed by atoms with Gasteiger partial charge in [-0.3, -0.25) is 4.79 Å². The van der Waals surface area contributed by atoms with Crippen molar-refractivity contribution in [3.05, 3.63) is 89.7 Å².